The van der Waals surface area contributed by atoms with Gasteiger partial charge in [0.15, 0.2) is 11.6 Å². The van der Waals surface area contributed by atoms with Gasteiger partial charge in [-0.3, -0.25) is 9.25 Å². The lowest BCUT2D eigenvalue weighted by atomic mass is 9.50. The third-order valence-electron chi connectivity index (χ3n) is 9.24. The Morgan fingerprint density at radius 3 is 2.50 bits per heavy atom. The topological polar surface area (TPSA) is 74.6 Å². The lowest BCUT2D eigenvalue weighted by Crippen LogP contribution is -2.59. The zero-order chi connectivity index (χ0) is 27.5. The van der Waals surface area contributed by atoms with Crippen LogP contribution in [0.15, 0.2) is 47.7 Å². The van der Waals surface area contributed by atoms with Gasteiger partial charge in [-0.05, 0) is 81.3 Å². The van der Waals surface area contributed by atoms with Crippen LogP contribution in [-0.2, 0) is 12.0 Å². The first-order valence-electron chi connectivity index (χ1n) is 13.9. The van der Waals surface area contributed by atoms with Crippen molar-refractivity contribution in [2.75, 3.05) is 6.54 Å². The van der Waals surface area contributed by atoms with Crippen LogP contribution in [0.3, 0.4) is 0 Å². The second-order valence-electron chi connectivity index (χ2n) is 11.8. The zero-order valence-corrected chi connectivity index (χ0v) is 22.6. The molecule has 0 saturated heterocycles. The van der Waals surface area contributed by atoms with Gasteiger partial charge >= 0.3 is 5.69 Å². The van der Waals surface area contributed by atoms with Crippen LogP contribution in [0.1, 0.15) is 54.7 Å². The number of fused-ring (bicyclic) bond motifs is 2. The summed E-state index contributed by atoms with van der Waals surface area (Å²) in [7, 11) is 0. The molecule has 1 N–H and O–H groups in total. The summed E-state index contributed by atoms with van der Waals surface area (Å²) in [6.45, 7) is 6.24. The van der Waals surface area contributed by atoms with Crippen molar-refractivity contribution in [3.63, 3.8) is 0 Å². The summed E-state index contributed by atoms with van der Waals surface area (Å²) in [4.78, 5) is 18.9. The third kappa shape index (κ3) is 3.05. The maximum atomic E-state index is 15.9. The van der Waals surface area contributed by atoms with Crippen molar-refractivity contribution in [2.45, 2.75) is 58.0 Å². The predicted octanol–water partition coefficient (Wildman–Crippen LogP) is 4.77. The summed E-state index contributed by atoms with van der Waals surface area (Å²) in [6.07, 6.45) is 8.80. The van der Waals surface area contributed by atoms with Crippen LogP contribution in [0.4, 0.5) is 8.78 Å². The fourth-order valence-electron chi connectivity index (χ4n) is 7.09. The van der Waals surface area contributed by atoms with E-state index in [1.54, 1.807) is 55.3 Å². The molecule has 40 heavy (non-hydrogen) atoms. The number of nitrogens with one attached hydrogen (secondary N) is 1. The van der Waals surface area contributed by atoms with E-state index in [4.69, 9.17) is 4.98 Å². The highest BCUT2D eigenvalue weighted by atomic mass is 19.1. The minimum absolute atomic E-state index is 0.0409. The molecule has 0 radical (unpaired) electrons. The molecule has 3 aliphatic carbocycles. The molecule has 2 bridgehead atoms. The van der Waals surface area contributed by atoms with E-state index in [1.807, 2.05) is 17.7 Å². The molecule has 5 aromatic rings. The first-order valence-corrected chi connectivity index (χ1v) is 13.9. The van der Waals surface area contributed by atoms with E-state index in [2.05, 4.69) is 10.4 Å². The predicted molar refractivity (Wildman–Crippen MR) is 147 cm³/mol. The van der Waals surface area contributed by atoms with Gasteiger partial charge in [-0.1, -0.05) is 0 Å². The monoisotopic (exact) mass is 541 g/mol. The van der Waals surface area contributed by atoms with Gasteiger partial charge < -0.3 is 5.32 Å². The maximum Gasteiger partial charge on any atom is 0.352 e. The molecule has 0 amide bonds. The van der Waals surface area contributed by atoms with Gasteiger partial charge in [-0.2, -0.15) is 5.10 Å². The van der Waals surface area contributed by atoms with E-state index in [0.29, 0.717) is 34.3 Å². The second kappa shape index (κ2) is 8.00. The van der Waals surface area contributed by atoms with Crippen molar-refractivity contribution in [3.05, 3.63) is 87.5 Å². The van der Waals surface area contributed by atoms with Crippen LogP contribution in [0.5, 0.6) is 0 Å². The Balaban J connectivity index is 1.29. The van der Waals surface area contributed by atoms with Crippen LogP contribution < -0.4 is 11.0 Å². The fraction of sp³-hybridized carbons (Fsp3) is 0.367. The van der Waals surface area contributed by atoms with Crippen molar-refractivity contribution in [1.82, 2.24) is 34.0 Å². The van der Waals surface area contributed by atoms with Crippen molar-refractivity contribution in [1.29, 1.82) is 0 Å². The molecule has 1 aliphatic heterocycles. The highest BCUT2D eigenvalue weighted by Crippen LogP contribution is 2.62. The SMILES string of the molecule is Cc1cc(-c2nc3c(n2-n2ccn(-c4ccc5c(cnn5C56CC(C5)C6)c4F)c2=O)[C@H](C)NCC3)cc(C)c1F. The van der Waals surface area contributed by atoms with Gasteiger partial charge in [-0.15, -0.1) is 0 Å². The number of hydrogen-bond donors (Lipinski definition) is 1. The van der Waals surface area contributed by atoms with Crippen molar-refractivity contribution < 1.29 is 8.78 Å². The van der Waals surface area contributed by atoms with Crippen LogP contribution in [0.25, 0.3) is 28.0 Å². The Morgan fingerprint density at radius 2 is 1.80 bits per heavy atom. The Labute approximate surface area is 228 Å². The van der Waals surface area contributed by atoms with Crippen molar-refractivity contribution in [3.8, 4) is 17.1 Å². The second-order valence-corrected chi connectivity index (χ2v) is 11.8. The quantitative estimate of drug-likeness (QED) is 0.356. The molecule has 3 fully saturated rings. The lowest BCUT2D eigenvalue weighted by Gasteiger charge is -2.61. The average molecular weight is 542 g/mol. The van der Waals surface area contributed by atoms with E-state index < -0.39 is 11.5 Å². The van der Waals surface area contributed by atoms with Gasteiger partial charge in [0.2, 0.25) is 0 Å². The van der Waals surface area contributed by atoms with E-state index in [-0.39, 0.29) is 23.1 Å². The van der Waals surface area contributed by atoms with Crippen LogP contribution in [-0.4, -0.2) is 35.2 Å². The molecule has 10 heteroatoms. The van der Waals surface area contributed by atoms with Gasteiger partial charge in [0, 0.05) is 37.0 Å². The van der Waals surface area contributed by atoms with Crippen molar-refractivity contribution >= 4 is 10.9 Å². The number of halogens is 2. The van der Waals surface area contributed by atoms with Gasteiger partial charge in [0.05, 0.1) is 39.7 Å². The number of benzene rings is 2. The molecular weight excluding hydrogens is 512 g/mol. The molecule has 8 nitrogen and oxygen atoms in total. The first kappa shape index (κ1) is 23.8. The number of rotatable bonds is 4. The van der Waals surface area contributed by atoms with Gasteiger partial charge in [0.25, 0.3) is 0 Å². The van der Waals surface area contributed by atoms with E-state index in [1.165, 1.54) is 9.24 Å². The molecule has 9 rings (SSSR count). The van der Waals surface area contributed by atoms with Gasteiger partial charge in [0.1, 0.15) is 5.82 Å². The molecule has 0 spiro atoms. The number of hydrogen-bond acceptors (Lipinski definition) is 4. The Kier molecular flexibility index (Phi) is 4.76. The standard InChI is InChI=1S/C30H29F2N7O/c1-16-10-20(11-17(2)25(16)31)28-35-22-6-7-33-18(3)27(22)38(28)37-9-8-36(29(37)40)24-5-4-23-21(26(24)32)15-34-39(23)30-12-19(13-30)14-30/h4-5,8-11,15,18-19,33H,6-7,12-14H2,1-3H3/t18-,19?,30?/m0/s1. The highest BCUT2D eigenvalue weighted by Gasteiger charge is 2.59. The summed E-state index contributed by atoms with van der Waals surface area (Å²) in [5.74, 6) is 0.597. The van der Waals surface area contributed by atoms with E-state index in [0.717, 1.165) is 48.6 Å². The summed E-state index contributed by atoms with van der Waals surface area (Å²) in [5.41, 5.74) is 4.01. The highest BCUT2D eigenvalue weighted by molar-refractivity contribution is 5.82. The summed E-state index contributed by atoms with van der Waals surface area (Å²) >= 11 is 0. The van der Waals surface area contributed by atoms with Crippen molar-refractivity contribution in [2.24, 2.45) is 5.92 Å². The third-order valence-corrected chi connectivity index (χ3v) is 9.24. The molecule has 3 saturated carbocycles. The zero-order valence-electron chi connectivity index (χ0n) is 22.6. The summed E-state index contributed by atoms with van der Waals surface area (Å²) in [6, 6.07) is 6.96. The first-order chi connectivity index (χ1) is 19.3. The molecule has 4 aliphatic rings. The molecule has 0 unspecified atom stereocenters. The fourth-order valence-corrected chi connectivity index (χ4v) is 7.09. The minimum Gasteiger partial charge on any atom is -0.308 e. The molecule has 4 heterocycles. The van der Waals surface area contributed by atoms with Gasteiger partial charge in [-0.25, -0.2) is 27.9 Å². The summed E-state index contributed by atoms with van der Waals surface area (Å²) < 4.78 is 37.0. The van der Waals surface area contributed by atoms with Crippen LogP contribution in [0.2, 0.25) is 0 Å². The number of aromatic nitrogens is 6. The van der Waals surface area contributed by atoms with Crippen LogP contribution in [0, 0.1) is 31.4 Å². The van der Waals surface area contributed by atoms with Crippen LogP contribution >= 0.6 is 0 Å². The summed E-state index contributed by atoms with van der Waals surface area (Å²) in [5, 5.41) is 8.41. The molecule has 1 atom stereocenters. The Bertz CT molecular complexity index is 1890. The minimum atomic E-state index is -0.470. The number of imidazole rings is 2. The largest absolute Gasteiger partial charge is 0.352 e. The smallest absolute Gasteiger partial charge is 0.308 e. The number of aryl methyl sites for hydroxylation is 2. The maximum absolute atomic E-state index is 15.9. The molecular formula is C30H29F2N7O. The Hall–Kier alpha value is -4.05. The molecule has 3 aromatic heterocycles. The lowest BCUT2D eigenvalue weighted by molar-refractivity contribution is -0.0944. The Morgan fingerprint density at radius 1 is 1.05 bits per heavy atom. The normalized spacial score (nSPS) is 23.2. The molecule has 2 aromatic carbocycles. The van der Waals surface area contributed by atoms with E-state index in [9.17, 15) is 9.18 Å². The van der Waals surface area contributed by atoms with E-state index >= 15 is 4.39 Å². The average Bonchev–Trinajstić information content (AvgIpc) is 3.57. The molecule has 204 valence electrons. The number of nitrogens with zero attached hydrogens (tertiary/aromatic N) is 6.